The van der Waals surface area contributed by atoms with E-state index in [0.717, 1.165) is 16.8 Å². The predicted molar refractivity (Wildman–Crippen MR) is 67.7 cm³/mol. The fraction of sp³-hybridized carbons (Fsp3) is 0.0769. The molecule has 4 nitrogen and oxygen atoms in total. The van der Waals surface area contributed by atoms with Crippen molar-refractivity contribution in [2.75, 3.05) is 5.73 Å². The molecule has 22 heavy (non-hydrogen) atoms. The third-order valence-electron chi connectivity index (χ3n) is 3.08. The van der Waals surface area contributed by atoms with Gasteiger partial charge >= 0.3 is 0 Å². The van der Waals surface area contributed by atoms with E-state index in [2.05, 4.69) is 10.1 Å². The van der Waals surface area contributed by atoms with Crippen molar-refractivity contribution < 1.29 is 22.0 Å². The number of fused-ring (bicyclic) bond motifs is 1. The summed E-state index contributed by atoms with van der Waals surface area (Å²) in [5.74, 6) is -3.52. The highest BCUT2D eigenvalue weighted by atomic mass is 19.3. The fourth-order valence-electron chi connectivity index (χ4n) is 2.09. The molecule has 2 heterocycles. The number of hydrogen-bond acceptors (Lipinski definition) is 3. The Kier molecular flexibility index (Phi) is 3.19. The van der Waals surface area contributed by atoms with Gasteiger partial charge in [-0.25, -0.2) is 31.5 Å². The molecule has 114 valence electrons. The van der Waals surface area contributed by atoms with E-state index in [1.807, 2.05) is 0 Å². The van der Waals surface area contributed by atoms with Crippen LogP contribution in [-0.4, -0.2) is 14.6 Å². The van der Waals surface area contributed by atoms with Crippen molar-refractivity contribution in [3.05, 3.63) is 47.4 Å². The molecule has 1 aromatic carbocycles. The van der Waals surface area contributed by atoms with Crippen LogP contribution in [0, 0.1) is 17.5 Å². The maximum absolute atomic E-state index is 13.9. The Balaban J connectivity index is 2.32. The average Bonchev–Trinajstić information content (AvgIpc) is 2.75. The summed E-state index contributed by atoms with van der Waals surface area (Å²) in [6.07, 6.45) is -2.08. The lowest BCUT2D eigenvalue weighted by Crippen LogP contribution is -2.03. The molecule has 2 N–H and O–H groups in total. The van der Waals surface area contributed by atoms with Crippen molar-refractivity contribution >= 4 is 11.5 Å². The molecular weight excluding hydrogens is 307 g/mol. The normalized spacial score (nSPS) is 11.5. The van der Waals surface area contributed by atoms with Gasteiger partial charge in [0.1, 0.15) is 17.2 Å². The minimum Gasteiger partial charge on any atom is -0.367 e. The van der Waals surface area contributed by atoms with Crippen molar-refractivity contribution in [2.45, 2.75) is 6.43 Å². The number of aromatic nitrogens is 3. The van der Waals surface area contributed by atoms with Gasteiger partial charge < -0.3 is 5.73 Å². The van der Waals surface area contributed by atoms with E-state index in [4.69, 9.17) is 5.73 Å². The summed E-state index contributed by atoms with van der Waals surface area (Å²) in [5.41, 5.74) is 3.67. The van der Waals surface area contributed by atoms with E-state index in [0.29, 0.717) is 12.1 Å². The fourth-order valence-corrected chi connectivity index (χ4v) is 2.09. The topological polar surface area (TPSA) is 56.2 Å². The highest BCUT2D eigenvalue weighted by molar-refractivity contribution is 5.68. The Bertz CT molecular complexity index is 874. The van der Waals surface area contributed by atoms with Gasteiger partial charge in [-0.3, -0.25) is 0 Å². The second-order valence-electron chi connectivity index (χ2n) is 4.45. The van der Waals surface area contributed by atoms with Crippen LogP contribution in [0.1, 0.15) is 12.0 Å². The molecule has 0 saturated heterocycles. The lowest BCUT2D eigenvalue weighted by molar-refractivity contribution is 0.146. The molecule has 0 atom stereocenters. The van der Waals surface area contributed by atoms with E-state index in [9.17, 15) is 22.0 Å². The van der Waals surface area contributed by atoms with E-state index >= 15 is 0 Å². The van der Waals surface area contributed by atoms with Crippen molar-refractivity contribution in [3.63, 3.8) is 0 Å². The van der Waals surface area contributed by atoms with Crippen molar-refractivity contribution in [3.8, 4) is 11.3 Å². The molecule has 0 spiro atoms. The Hall–Kier alpha value is -2.71. The van der Waals surface area contributed by atoms with Crippen molar-refractivity contribution in [1.29, 1.82) is 0 Å². The quantitative estimate of drug-likeness (QED) is 0.738. The number of hydrogen-bond donors (Lipinski definition) is 1. The minimum atomic E-state index is -3.14. The van der Waals surface area contributed by atoms with Gasteiger partial charge in [-0.2, -0.15) is 0 Å². The SMILES string of the molecule is Nc1ncc2c(F)cc(-c3cc(C(F)F)c(F)cc3F)n2n1. The summed E-state index contributed by atoms with van der Waals surface area (Å²) in [6, 6.07) is 1.82. The number of nitrogen functional groups attached to an aromatic ring is 1. The first-order valence-electron chi connectivity index (χ1n) is 5.95. The van der Waals surface area contributed by atoms with Crippen LogP contribution in [0.15, 0.2) is 24.4 Å². The third-order valence-corrected chi connectivity index (χ3v) is 3.08. The molecule has 3 rings (SSSR count). The molecule has 0 aliphatic carbocycles. The van der Waals surface area contributed by atoms with E-state index < -0.39 is 35.0 Å². The van der Waals surface area contributed by atoms with Crippen LogP contribution >= 0.6 is 0 Å². The number of halogens is 5. The molecule has 0 unspecified atom stereocenters. The van der Waals surface area contributed by atoms with Crippen LogP contribution in [-0.2, 0) is 0 Å². The van der Waals surface area contributed by atoms with Gasteiger partial charge in [0.15, 0.2) is 5.82 Å². The van der Waals surface area contributed by atoms with E-state index in [1.54, 1.807) is 0 Å². The first-order valence-corrected chi connectivity index (χ1v) is 5.95. The second-order valence-corrected chi connectivity index (χ2v) is 4.45. The first kappa shape index (κ1) is 14.2. The third kappa shape index (κ3) is 2.14. The van der Waals surface area contributed by atoms with Gasteiger partial charge in [0, 0.05) is 17.7 Å². The number of alkyl halides is 2. The zero-order valence-corrected chi connectivity index (χ0v) is 10.7. The zero-order chi connectivity index (χ0) is 16.0. The molecule has 0 aliphatic rings. The molecular formula is C13H7F5N4. The number of rotatable bonds is 2. The zero-order valence-electron chi connectivity index (χ0n) is 10.7. The van der Waals surface area contributed by atoms with Crippen LogP contribution in [0.25, 0.3) is 16.8 Å². The number of benzene rings is 1. The summed E-state index contributed by atoms with van der Waals surface area (Å²) in [4.78, 5) is 3.59. The maximum Gasteiger partial charge on any atom is 0.266 e. The minimum absolute atomic E-state index is 0.119. The van der Waals surface area contributed by atoms with Gasteiger partial charge in [0.05, 0.1) is 17.5 Å². The van der Waals surface area contributed by atoms with Crippen LogP contribution in [0.2, 0.25) is 0 Å². The van der Waals surface area contributed by atoms with Crippen molar-refractivity contribution in [1.82, 2.24) is 14.6 Å². The summed E-state index contributed by atoms with van der Waals surface area (Å²) in [5, 5.41) is 3.71. The molecule has 0 aliphatic heterocycles. The van der Waals surface area contributed by atoms with Gasteiger partial charge in [0.2, 0.25) is 5.95 Å². The van der Waals surface area contributed by atoms with Crippen LogP contribution < -0.4 is 5.73 Å². The largest absolute Gasteiger partial charge is 0.367 e. The number of nitrogens with zero attached hydrogens (tertiary/aromatic N) is 3. The highest BCUT2D eigenvalue weighted by Gasteiger charge is 2.21. The predicted octanol–water partition coefficient (Wildman–Crippen LogP) is 3.33. The summed E-state index contributed by atoms with van der Waals surface area (Å²) < 4.78 is 67.5. The van der Waals surface area contributed by atoms with Crippen LogP contribution in [0.3, 0.4) is 0 Å². The standard InChI is InChI=1S/C13H7F5N4/c14-7-2-8(15)6(12(17)18)1-5(7)10-3-9(16)11-4-20-13(19)21-22(10)11/h1-4,12H,(H2,19,21). The molecule has 3 aromatic rings. The van der Waals surface area contributed by atoms with Crippen molar-refractivity contribution in [2.24, 2.45) is 0 Å². The van der Waals surface area contributed by atoms with Gasteiger partial charge in [-0.15, -0.1) is 5.10 Å². The number of anilines is 1. The molecule has 0 bridgehead atoms. The average molecular weight is 314 g/mol. The smallest absolute Gasteiger partial charge is 0.266 e. The molecule has 2 aromatic heterocycles. The Morgan fingerprint density at radius 3 is 2.41 bits per heavy atom. The highest BCUT2D eigenvalue weighted by Crippen LogP contribution is 2.32. The lowest BCUT2D eigenvalue weighted by Gasteiger charge is -2.08. The monoisotopic (exact) mass is 314 g/mol. The molecule has 9 heteroatoms. The number of nitrogens with two attached hydrogens (primary N) is 1. The molecule has 0 amide bonds. The van der Waals surface area contributed by atoms with Crippen LogP contribution in [0.5, 0.6) is 0 Å². The Labute approximate surface area is 120 Å². The first-order chi connectivity index (χ1) is 10.4. The van der Waals surface area contributed by atoms with E-state index in [1.165, 1.54) is 0 Å². The van der Waals surface area contributed by atoms with Crippen LogP contribution in [0.4, 0.5) is 27.9 Å². The second kappa shape index (κ2) is 4.93. The van der Waals surface area contributed by atoms with Gasteiger partial charge in [-0.05, 0) is 6.07 Å². The molecule has 0 saturated carbocycles. The Morgan fingerprint density at radius 2 is 1.73 bits per heavy atom. The molecule has 0 fully saturated rings. The summed E-state index contributed by atoms with van der Waals surface area (Å²) >= 11 is 0. The van der Waals surface area contributed by atoms with Gasteiger partial charge in [0.25, 0.3) is 6.43 Å². The molecule has 0 radical (unpaired) electrons. The summed E-state index contributed by atoms with van der Waals surface area (Å²) in [7, 11) is 0. The summed E-state index contributed by atoms with van der Waals surface area (Å²) in [6.45, 7) is 0. The maximum atomic E-state index is 13.9. The van der Waals surface area contributed by atoms with Gasteiger partial charge in [-0.1, -0.05) is 0 Å². The lowest BCUT2D eigenvalue weighted by atomic mass is 10.1. The van der Waals surface area contributed by atoms with E-state index in [-0.39, 0.29) is 17.2 Å². The Morgan fingerprint density at radius 1 is 1.00 bits per heavy atom.